The van der Waals surface area contributed by atoms with Crippen molar-refractivity contribution in [2.75, 3.05) is 5.32 Å². The summed E-state index contributed by atoms with van der Waals surface area (Å²) in [5.74, 6) is -0.183. The van der Waals surface area contributed by atoms with E-state index in [1.54, 1.807) is 12.1 Å². The van der Waals surface area contributed by atoms with Gasteiger partial charge in [0.25, 0.3) is 5.91 Å². The Labute approximate surface area is 161 Å². The van der Waals surface area contributed by atoms with Gasteiger partial charge in [-0.05, 0) is 79.2 Å². The average Bonchev–Trinajstić information content (AvgIpc) is 3.33. The Balaban J connectivity index is 1.56. The molecule has 4 rings (SSSR count). The minimum atomic E-state index is -0.183. The zero-order valence-corrected chi connectivity index (χ0v) is 15.8. The van der Waals surface area contributed by atoms with Gasteiger partial charge >= 0.3 is 0 Å². The maximum Gasteiger partial charge on any atom is 0.255 e. The first-order valence-corrected chi connectivity index (χ1v) is 8.80. The Hall–Kier alpha value is -3.81. The lowest BCUT2D eigenvalue weighted by atomic mass is 10.1. The second-order valence-electron chi connectivity index (χ2n) is 6.59. The first-order valence-electron chi connectivity index (χ1n) is 8.80. The largest absolute Gasteiger partial charge is 0.322 e. The van der Waals surface area contributed by atoms with Gasteiger partial charge < -0.3 is 5.32 Å². The molecule has 2 aromatic heterocycles. The number of anilines is 1. The van der Waals surface area contributed by atoms with Crippen LogP contribution in [0.25, 0.3) is 11.4 Å². The molecule has 0 aliphatic rings. The molecule has 0 aliphatic heterocycles. The predicted octanol–water partition coefficient (Wildman–Crippen LogP) is 3.03. The van der Waals surface area contributed by atoms with Crippen LogP contribution in [0.1, 0.15) is 27.3 Å². The van der Waals surface area contributed by atoms with Crippen LogP contribution >= 0.6 is 0 Å². The molecule has 0 aliphatic carbocycles. The molecule has 140 valence electrons. The van der Waals surface area contributed by atoms with Crippen LogP contribution in [0.4, 0.5) is 5.69 Å². The van der Waals surface area contributed by atoms with E-state index in [0.29, 0.717) is 11.3 Å². The van der Waals surface area contributed by atoms with Gasteiger partial charge in [-0.25, -0.2) is 9.36 Å². The van der Waals surface area contributed by atoms with Crippen molar-refractivity contribution >= 4 is 11.6 Å². The van der Waals surface area contributed by atoms with Crippen molar-refractivity contribution in [3.63, 3.8) is 0 Å². The molecule has 0 fully saturated rings. The Morgan fingerprint density at radius 3 is 2.36 bits per heavy atom. The number of nitrogens with one attached hydrogen (secondary N) is 1. The second kappa shape index (κ2) is 7.07. The molecule has 0 atom stereocenters. The van der Waals surface area contributed by atoms with Crippen LogP contribution in [0, 0.1) is 20.8 Å². The lowest BCUT2D eigenvalue weighted by molar-refractivity contribution is 0.102. The van der Waals surface area contributed by atoms with Gasteiger partial charge in [-0.1, -0.05) is 6.07 Å². The van der Waals surface area contributed by atoms with Crippen molar-refractivity contribution in [3.8, 4) is 11.4 Å². The first kappa shape index (κ1) is 17.6. The number of hydrogen-bond donors (Lipinski definition) is 1. The summed E-state index contributed by atoms with van der Waals surface area (Å²) in [5.41, 5.74) is 5.91. The van der Waals surface area contributed by atoms with E-state index >= 15 is 0 Å². The van der Waals surface area contributed by atoms with Crippen molar-refractivity contribution in [2.45, 2.75) is 20.8 Å². The number of benzene rings is 2. The van der Waals surface area contributed by atoms with Gasteiger partial charge in [0, 0.05) is 16.9 Å². The number of hydrogen-bond acceptors (Lipinski definition) is 5. The third kappa shape index (κ3) is 3.39. The summed E-state index contributed by atoms with van der Waals surface area (Å²) in [6.45, 7) is 5.89. The highest BCUT2D eigenvalue weighted by Crippen LogP contribution is 2.20. The van der Waals surface area contributed by atoms with Gasteiger partial charge in [-0.15, -0.1) is 5.10 Å². The number of carbonyl (C=O) groups is 1. The van der Waals surface area contributed by atoms with Crippen molar-refractivity contribution in [1.82, 2.24) is 30.0 Å². The molecular formula is C20H19N7O. The van der Waals surface area contributed by atoms with E-state index in [1.165, 1.54) is 11.0 Å². The van der Waals surface area contributed by atoms with E-state index in [1.807, 2.05) is 61.9 Å². The molecule has 2 heterocycles. The van der Waals surface area contributed by atoms with E-state index in [9.17, 15) is 4.79 Å². The fourth-order valence-electron chi connectivity index (χ4n) is 3.01. The SMILES string of the molecule is Cc1cc(C)n(-c2ccc(C(=O)Nc3cc(-n4cnnn4)ccc3C)cc2)n1. The summed E-state index contributed by atoms with van der Waals surface area (Å²) in [5, 5.41) is 18.6. The number of tetrazole rings is 1. The lowest BCUT2D eigenvalue weighted by Crippen LogP contribution is -2.13. The number of amides is 1. The molecule has 28 heavy (non-hydrogen) atoms. The molecule has 1 N–H and O–H groups in total. The van der Waals surface area contributed by atoms with Crippen LogP contribution in [0.5, 0.6) is 0 Å². The predicted molar refractivity (Wildman–Crippen MR) is 105 cm³/mol. The van der Waals surface area contributed by atoms with Gasteiger partial charge in [0.2, 0.25) is 0 Å². The molecule has 4 aromatic rings. The van der Waals surface area contributed by atoms with Crippen molar-refractivity contribution in [2.24, 2.45) is 0 Å². The van der Waals surface area contributed by atoms with Crippen LogP contribution in [-0.2, 0) is 0 Å². The molecule has 0 bridgehead atoms. The minimum absolute atomic E-state index is 0.183. The second-order valence-corrected chi connectivity index (χ2v) is 6.59. The summed E-state index contributed by atoms with van der Waals surface area (Å²) in [6, 6.07) is 15.0. The van der Waals surface area contributed by atoms with E-state index in [2.05, 4.69) is 25.9 Å². The van der Waals surface area contributed by atoms with Gasteiger partial charge in [-0.2, -0.15) is 5.10 Å². The first-order chi connectivity index (χ1) is 13.5. The standard InChI is InChI=1S/C20H19N7O/c1-13-4-7-18(26-12-21-24-25-26)11-19(13)22-20(28)16-5-8-17(9-6-16)27-15(3)10-14(2)23-27/h4-12H,1-3H3,(H,22,28). The van der Waals surface area contributed by atoms with Crippen LogP contribution < -0.4 is 5.32 Å². The molecule has 0 spiro atoms. The highest BCUT2D eigenvalue weighted by atomic mass is 16.1. The quantitative estimate of drug-likeness (QED) is 0.594. The highest BCUT2D eigenvalue weighted by molar-refractivity contribution is 6.04. The Morgan fingerprint density at radius 1 is 0.964 bits per heavy atom. The lowest BCUT2D eigenvalue weighted by Gasteiger charge is -2.11. The maximum atomic E-state index is 12.7. The minimum Gasteiger partial charge on any atom is -0.322 e. The van der Waals surface area contributed by atoms with Gasteiger partial charge in [0.1, 0.15) is 6.33 Å². The van der Waals surface area contributed by atoms with Crippen molar-refractivity contribution in [3.05, 3.63) is 77.4 Å². The van der Waals surface area contributed by atoms with E-state index in [4.69, 9.17) is 0 Å². The van der Waals surface area contributed by atoms with Gasteiger partial charge in [0.15, 0.2) is 0 Å². The molecule has 1 amide bonds. The van der Waals surface area contributed by atoms with E-state index in [0.717, 1.165) is 28.3 Å². The molecule has 2 aromatic carbocycles. The molecule has 8 heteroatoms. The fourth-order valence-corrected chi connectivity index (χ4v) is 3.01. The third-order valence-electron chi connectivity index (χ3n) is 4.47. The number of aromatic nitrogens is 6. The van der Waals surface area contributed by atoms with Gasteiger partial charge in [-0.3, -0.25) is 4.79 Å². The monoisotopic (exact) mass is 373 g/mol. The van der Waals surface area contributed by atoms with Crippen LogP contribution in [-0.4, -0.2) is 35.9 Å². The average molecular weight is 373 g/mol. The molecule has 8 nitrogen and oxygen atoms in total. The Morgan fingerprint density at radius 2 is 1.71 bits per heavy atom. The number of nitrogens with zero attached hydrogens (tertiary/aromatic N) is 6. The number of rotatable bonds is 4. The van der Waals surface area contributed by atoms with Crippen molar-refractivity contribution < 1.29 is 4.79 Å². The summed E-state index contributed by atoms with van der Waals surface area (Å²) >= 11 is 0. The van der Waals surface area contributed by atoms with E-state index < -0.39 is 0 Å². The highest BCUT2D eigenvalue weighted by Gasteiger charge is 2.11. The van der Waals surface area contributed by atoms with Crippen LogP contribution in [0.3, 0.4) is 0 Å². The zero-order chi connectivity index (χ0) is 19.7. The number of carbonyl (C=O) groups excluding carboxylic acids is 1. The molecule has 0 radical (unpaired) electrons. The zero-order valence-electron chi connectivity index (χ0n) is 15.8. The smallest absolute Gasteiger partial charge is 0.255 e. The third-order valence-corrected chi connectivity index (χ3v) is 4.47. The molecule has 0 saturated carbocycles. The fraction of sp³-hybridized carbons (Fsp3) is 0.150. The topological polar surface area (TPSA) is 90.5 Å². The Kier molecular flexibility index (Phi) is 4.44. The van der Waals surface area contributed by atoms with E-state index in [-0.39, 0.29) is 5.91 Å². The summed E-state index contributed by atoms with van der Waals surface area (Å²) < 4.78 is 3.40. The Bertz CT molecular complexity index is 1130. The number of aryl methyl sites for hydroxylation is 3. The molecular weight excluding hydrogens is 354 g/mol. The summed E-state index contributed by atoms with van der Waals surface area (Å²) in [4.78, 5) is 12.7. The molecule has 0 saturated heterocycles. The normalized spacial score (nSPS) is 10.8. The summed E-state index contributed by atoms with van der Waals surface area (Å²) in [7, 11) is 0. The van der Waals surface area contributed by atoms with Crippen LogP contribution in [0.15, 0.2) is 54.9 Å². The van der Waals surface area contributed by atoms with Crippen molar-refractivity contribution in [1.29, 1.82) is 0 Å². The summed E-state index contributed by atoms with van der Waals surface area (Å²) in [6.07, 6.45) is 1.51. The maximum absolute atomic E-state index is 12.7. The van der Waals surface area contributed by atoms with Crippen LogP contribution in [0.2, 0.25) is 0 Å². The van der Waals surface area contributed by atoms with Gasteiger partial charge in [0.05, 0.1) is 17.1 Å². The molecule has 0 unspecified atom stereocenters.